The third kappa shape index (κ3) is 3.05. The van der Waals surface area contributed by atoms with Crippen molar-refractivity contribution in [1.29, 1.82) is 0 Å². The van der Waals surface area contributed by atoms with Crippen molar-refractivity contribution >= 4 is 11.5 Å². The predicted octanol–water partition coefficient (Wildman–Crippen LogP) is 2.93. The molecule has 2 unspecified atom stereocenters. The SMILES string of the molecule is CC1CN(Cc2ccccc2)CC1Nc1ccc2nnc(C3CC3)n2n1. The quantitative estimate of drug-likeness (QED) is 0.768. The van der Waals surface area contributed by atoms with E-state index < -0.39 is 0 Å². The molecule has 1 N–H and O–H groups in total. The average Bonchev–Trinajstić information content (AvgIpc) is 3.32. The summed E-state index contributed by atoms with van der Waals surface area (Å²) in [4.78, 5) is 2.52. The molecule has 3 heterocycles. The fourth-order valence-electron chi connectivity index (χ4n) is 3.89. The van der Waals surface area contributed by atoms with E-state index in [9.17, 15) is 0 Å². The summed E-state index contributed by atoms with van der Waals surface area (Å²) in [6.45, 7) is 5.46. The summed E-state index contributed by atoms with van der Waals surface area (Å²) in [6, 6.07) is 15.1. The molecule has 6 heteroatoms. The number of nitrogens with zero attached hydrogens (tertiary/aromatic N) is 5. The molecule has 1 aromatic carbocycles. The lowest BCUT2D eigenvalue weighted by Gasteiger charge is -2.18. The number of likely N-dealkylation sites (tertiary alicyclic amines) is 1. The van der Waals surface area contributed by atoms with Gasteiger partial charge in [-0.2, -0.15) is 4.52 Å². The van der Waals surface area contributed by atoms with Gasteiger partial charge in [-0.25, -0.2) is 0 Å². The van der Waals surface area contributed by atoms with Crippen LogP contribution in [-0.2, 0) is 6.54 Å². The van der Waals surface area contributed by atoms with Gasteiger partial charge < -0.3 is 5.32 Å². The minimum Gasteiger partial charge on any atom is -0.364 e. The molecule has 0 amide bonds. The van der Waals surface area contributed by atoms with Crippen molar-refractivity contribution in [1.82, 2.24) is 24.7 Å². The molecular weight excluding hydrogens is 324 g/mol. The Morgan fingerprint density at radius 2 is 1.88 bits per heavy atom. The van der Waals surface area contributed by atoms with Crippen LogP contribution in [0.15, 0.2) is 42.5 Å². The molecule has 1 saturated carbocycles. The van der Waals surface area contributed by atoms with Gasteiger partial charge >= 0.3 is 0 Å². The number of fused-ring (bicyclic) bond motifs is 1. The molecule has 1 aliphatic carbocycles. The van der Waals surface area contributed by atoms with E-state index in [0.717, 1.165) is 36.9 Å². The Balaban J connectivity index is 1.30. The standard InChI is InChI=1S/C20H24N6/c1-14-11-25(12-15-5-3-2-4-6-15)13-17(14)21-18-9-10-19-22-23-20(16-7-8-16)26(19)24-18/h2-6,9-10,14,16-17H,7-8,11-13H2,1H3,(H,21,24). The van der Waals surface area contributed by atoms with Gasteiger partial charge in [-0.15, -0.1) is 15.3 Å². The Bertz CT molecular complexity index is 901. The molecule has 2 fully saturated rings. The normalized spacial score (nSPS) is 23.6. The molecule has 1 aliphatic heterocycles. The topological polar surface area (TPSA) is 58.3 Å². The Hall–Kier alpha value is -2.47. The molecule has 1 saturated heterocycles. The zero-order valence-corrected chi connectivity index (χ0v) is 15.0. The van der Waals surface area contributed by atoms with E-state index in [1.165, 1.54) is 18.4 Å². The van der Waals surface area contributed by atoms with Gasteiger partial charge in [0, 0.05) is 31.6 Å². The van der Waals surface area contributed by atoms with Crippen LogP contribution >= 0.6 is 0 Å². The van der Waals surface area contributed by atoms with Crippen molar-refractivity contribution in [2.45, 2.75) is 38.3 Å². The van der Waals surface area contributed by atoms with Crippen LogP contribution in [0.4, 0.5) is 5.82 Å². The van der Waals surface area contributed by atoms with Crippen molar-refractivity contribution in [3.8, 4) is 0 Å². The summed E-state index contributed by atoms with van der Waals surface area (Å²) in [5.74, 6) is 3.05. The fourth-order valence-corrected chi connectivity index (χ4v) is 3.89. The van der Waals surface area contributed by atoms with Crippen molar-refractivity contribution in [3.63, 3.8) is 0 Å². The van der Waals surface area contributed by atoms with Crippen LogP contribution < -0.4 is 5.32 Å². The van der Waals surface area contributed by atoms with Gasteiger partial charge in [-0.05, 0) is 36.5 Å². The van der Waals surface area contributed by atoms with Crippen molar-refractivity contribution in [2.75, 3.05) is 18.4 Å². The van der Waals surface area contributed by atoms with Crippen molar-refractivity contribution < 1.29 is 0 Å². The first-order valence-corrected chi connectivity index (χ1v) is 9.51. The Kier molecular flexibility index (Phi) is 3.85. The predicted molar refractivity (Wildman–Crippen MR) is 101 cm³/mol. The van der Waals surface area contributed by atoms with Crippen LogP contribution in [0.1, 0.15) is 37.1 Å². The third-order valence-electron chi connectivity index (χ3n) is 5.50. The Morgan fingerprint density at radius 3 is 2.69 bits per heavy atom. The van der Waals surface area contributed by atoms with E-state index in [1.807, 2.05) is 16.6 Å². The molecule has 0 spiro atoms. The second-order valence-electron chi connectivity index (χ2n) is 7.73. The molecule has 3 aromatic rings. The number of hydrogen-bond acceptors (Lipinski definition) is 5. The van der Waals surface area contributed by atoms with Gasteiger partial charge in [0.1, 0.15) is 5.82 Å². The smallest absolute Gasteiger partial charge is 0.178 e. The summed E-state index contributed by atoms with van der Waals surface area (Å²) in [5, 5.41) is 17.0. The zero-order chi connectivity index (χ0) is 17.5. The number of benzene rings is 1. The molecule has 26 heavy (non-hydrogen) atoms. The highest BCUT2D eigenvalue weighted by molar-refractivity contribution is 5.45. The van der Waals surface area contributed by atoms with Crippen molar-refractivity contribution in [3.05, 3.63) is 53.9 Å². The lowest BCUT2D eigenvalue weighted by Crippen LogP contribution is -2.28. The van der Waals surface area contributed by atoms with E-state index in [-0.39, 0.29) is 0 Å². The molecular formula is C20H24N6. The van der Waals surface area contributed by atoms with Gasteiger partial charge in [-0.3, -0.25) is 4.90 Å². The maximum absolute atomic E-state index is 4.77. The van der Waals surface area contributed by atoms with Crippen LogP contribution in [0.3, 0.4) is 0 Å². The molecule has 6 nitrogen and oxygen atoms in total. The maximum atomic E-state index is 4.77. The van der Waals surface area contributed by atoms with Crippen molar-refractivity contribution in [2.24, 2.45) is 5.92 Å². The lowest BCUT2D eigenvalue weighted by atomic mass is 10.1. The number of rotatable bonds is 5. The minimum absolute atomic E-state index is 0.407. The second-order valence-corrected chi connectivity index (χ2v) is 7.73. The summed E-state index contributed by atoms with van der Waals surface area (Å²) < 4.78 is 1.92. The number of anilines is 1. The summed E-state index contributed by atoms with van der Waals surface area (Å²) >= 11 is 0. The molecule has 2 aliphatic rings. The van der Waals surface area contributed by atoms with Gasteiger partial charge in [-0.1, -0.05) is 37.3 Å². The summed E-state index contributed by atoms with van der Waals surface area (Å²) in [6.07, 6.45) is 2.41. The van der Waals surface area contributed by atoms with E-state index in [2.05, 4.69) is 57.7 Å². The zero-order valence-electron chi connectivity index (χ0n) is 15.0. The molecule has 2 atom stereocenters. The van der Waals surface area contributed by atoms with E-state index >= 15 is 0 Å². The van der Waals surface area contributed by atoms with Gasteiger partial charge in [0.25, 0.3) is 0 Å². The third-order valence-corrected chi connectivity index (χ3v) is 5.50. The van der Waals surface area contributed by atoms with Crippen LogP contribution in [0, 0.1) is 5.92 Å². The van der Waals surface area contributed by atoms with E-state index in [0.29, 0.717) is 17.9 Å². The first-order valence-electron chi connectivity index (χ1n) is 9.51. The minimum atomic E-state index is 0.407. The number of nitrogens with one attached hydrogen (secondary N) is 1. The average molecular weight is 348 g/mol. The Morgan fingerprint density at radius 1 is 1.04 bits per heavy atom. The second kappa shape index (κ2) is 6.36. The van der Waals surface area contributed by atoms with Crippen LogP contribution in [0.25, 0.3) is 5.65 Å². The Labute approximate surface area is 153 Å². The number of hydrogen-bond donors (Lipinski definition) is 1. The molecule has 0 bridgehead atoms. The summed E-state index contributed by atoms with van der Waals surface area (Å²) in [7, 11) is 0. The molecule has 0 radical (unpaired) electrons. The van der Waals surface area contributed by atoms with Crippen LogP contribution in [0.5, 0.6) is 0 Å². The molecule has 5 rings (SSSR count). The first kappa shape index (κ1) is 15.8. The van der Waals surface area contributed by atoms with E-state index in [1.54, 1.807) is 0 Å². The van der Waals surface area contributed by atoms with Crippen LogP contribution in [-0.4, -0.2) is 43.8 Å². The van der Waals surface area contributed by atoms with Gasteiger partial charge in [0.05, 0.1) is 0 Å². The van der Waals surface area contributed by atoms with Gasteiger partial charge in [0.2, 0.25) is 0 Å². The highest BCUT2D eigenvalue weighted by Crippen LogP contribution is 2.38. The van der Waals surface area contributed by atoms with Crippen LogP contribution in [0.2, 0.25) is 0 Å². The monoisotopic (exact) mass is 348 g/mol. The van der Waals surface area contributed by atoms with Gasteiger partial charge in [0.15, 0.2) is 11.5 Å². The summed E-state index contributed by atoms with van der Waals surface area (Å²) in [5.41, 5.74) is 2.21. The van der Waals surface area contributed by atoms with E-state index in [4.69, 9.17) is 5.10 Å². The fraction of sp³-hybridized carbons (Fsp3) is 0.450. The number of aromatic nitrogens is 4. The largest absolute Gasteiger partial charge is 0.364 e. The highest BCUT2D eigenvalue weighted by atomic mass is 15.4. The maximum Gasteiger partial charge on any atom is 0.178 e. The molecule has 134 valence electrons. The first-order chi connectivity index (χ1) is 12.8. The molecule has 2 aromatic heterocycles. The lowest BCUT2D eigenvalue weighted by molar-refractivity contribution is 0.319. The highest BCUT2D eigenvalue weighted by Gasteiger charge is 2.31.